The number of rotatable bonds is 6. The highest BCUT2D eigenvalue weighted by Crippen LogP contribution is 2.31. The summed E-state index contributed by atoms with van der Waals surface area (Å²) in [6.45, 7) is 3.32. The number of methoxy groups -OCH3 is 1. The third kappa shape index (κ3) is 4.48. The van der Waals surface area contributed by atoms with Crippen LogP contribution >= 0.6 is 11.6 Å². The van der Waals surface area contributed by atoms with Crippen molar-refractivity contribution in [3.05, 3.63) is 35.0 Å². The molecule has 24 heavy (non-hydrogen) atoms. The second-order valence-electron chi connectivity index (χ2n) is 5.11. The van der Waals surface area contributed by atoms with Crippen molar-refractivity contribution < 1.29 is 18.8 Å². The zero-order valence-electron chi connectivity index (χ0n) is 13.6. The third-order valence-corrected chi connectivity index (χ3v) is 3.50. The Morgan fingerprint density at radius 1 is 1.38 bits per heavy atom. The molecular formula is C16H18ClN3O4. The number of hydrogen-bond donors (Lipinski definition) is 1. The first-order chi connectivity index (χ1) is 11.4. The molecule has 0 unspecified atom stereocenters. The maximum absolute atomic E-state index is 12.0. The van der Waals surface area contributed by atoms with Crippen molar-refractivity contribution in [1.82, 2.24) is 5.16 Å². The van der Waals surface area contributed by atoms with E-state index in [-0.39, 0.29) is 24.8 Å². The normalized spacial score (nSPS) is 10.3. The fourth-order valence-electron chi connectivity index (χ4n) is 2.17. The van der Waals surface area contributed by atoms with Crippen LogP contribution in [0.5, 0.6) is 5.75 Å². The summed E-state index contributed by atoms with van der Waals surface area (Å²) < 4.78 is 10.1. The Balaban J connectivity index is 2.08. The summed E-state index contributed by atoms with van der Waals surface area (Å²) in [5, 5.41) is 6.77. The number of anilines is 2. The van der Waals surface area contributed by atoms with Crippen LogP contribution in [0.25, 0.3) is 0 Å². The number of aromatic nitrogens is 1. The first-order valence-electron chi connectivity index (χ1n) is 7.25. The Morgan fingerprint density at radius 2 is 2.12 bits per heavy atom. The van der Waals surface area contributed by atoms with E-state index in [9.17, 15) is 9.59 Å². The van der Waals surface area contributed by atoms with Gasteiger partial charge in [-0.2, -0.15) is 0 Å². The number of ether oxygens (including phenoxy) is 1. The molecule has 8 heteroatoms. The van der Waals surface area contributed by atoms with E-state index in [0.717, 1.165) is 0 Å². The third-order valence-electron chi connectivity index (χ3n) is 3.27. The summed E-state index contributed by atoms with van der Waals surface area (Å²) in [5.41, 5.74) is 0.516. The molecule has 0 fully saturated rings. The molecule has 0 radical (unpaired) electrons. The predicted octanol–water partition coefficient (Wildman–Crippen LogP) is 3.03. The van der Waals surface area contributed by atoms with E-state index < -0.39 is 0 Å². The molecule has 0 spiro atoms. The first-order valence-corrected chi connectivity index (χ1v) is 7.63. The molecule has 0 bridgehead atoms. The van der Waals surface area contributed by atoms with E-state index >= 15 is 0 Å². The van der Waals surface area contributed by atoms with E-state index in [0.29, 0.717) is 28.0 Å². The SMILES string of the molecule is COc1ccc(Cl)cc1N(CCC(=O)Nc1cc(C)on1)C(C)=O. The number of hydrogen-bond acceptors (Lipinski definition) is 5. The molecule has 1 N–H and O–H groups in total. The molecule has 1 heterocycles. The smallest absolute Gasteiger partial charge is 0.227 e. The van der Waals surface area contributed by atoms with Crippen molar-refractivity contribution >= 4 is 34.9 Å². The Bertz CT molecular complexity index is 745. The van der Waals surface area contributed by atoms with Gasteiger partial charge in [0.25, 0.3) is 0 Å². The van der Waals surface area contributed by atoms with Gasteiger partial charge >= 0.3 is 0 Å². The molecule has 0 aliphatic carbocycles. The van der Waals surface area contributed by atoms with Crippen LogP contribution in [-0.4, -0.2) is 30.6 Å². The number of halogens is 1. The summed E-state index contributed by atoms with van der Waals surface area (Å²) in [5.74, 6) is 0.935. The Labute approximate surface area is 144 Å². The van der Waals surface area contributed by atoms with Crippen LogP contribution in [0.15, 0.2) is 28.8 Å². The van der Waals surface area contributed by atoms with Gasteiger partial charge in [0.2, 0.25) is 11.8 Å². The molecular weight excluding hydrogens is 334 g/mol. The van der Waals surface area contributed by atoms with Crippen LogP contribution in [-0.2, 0) is 9.59 Å². The summed E-state index contributed by atoms with van der Waals surface area (Å²) in [7, 11) is 1.50. The number of benzene rings is 1. The fourth-order valence-corrected chi connectivity index (χ4v) is 2.33. The van der Waals surface area contributed by atoms with Crippen molar-refractivity contribution in [2.24, 2.45) is 0 Å². The average Bonchev–Trinajstić information content (AvgIpc) is 2.92. The molecule has 1 aromatic carbocycles. The van der Waals surface area contributed by atoms with Gasteiger partial charge in [0.05, 0.1) is 12.8 Å². The van der Waals surface area contributed by atoms with Crippen LogP contribution < -0.4 is 15.0 Å². The van der Waals surface area contributed by atoms with Crippen molar-refractivity contribution in [1.29, 1.82) is 0 Å². The molecule has 0 aliphatic heterocycles. The molecule has 0 atom stereocenters. The Kier molecular flexibility index (Phi) is 5.81. The van der Waals surface area contributed by atoms with Gasteiger partial charge in [0.15, 0.2) is 5.82 Å². The number of nitrogens with zero attached hydrogens (tertiary/aromatic N) is 2. The maximum Gasteiger partial charge on any atom is 0.227 e. The van der Waals surface area contributed by atoms with Crippen LogP contribution in [0.3, 0.4) is 0 Å². The Morgan fingerprint density at radius 3 is 2.71 bits per heavy atom. The minimum absolute atomic E-state index is 0.0845. The summed E-state index contributed by atoms with van der Waals surface area (Å²) in [6, 6.07) is 6.58. The topological polar surface area (TPSA) is 84.7 Å². The summed E-state index contributed by atoms with van der Waals surface area (Å²) in [4.78, 5) is 25.4. The predicted molar refractivity (Wildman–Crippen MR) is 90.5 cm³/mol. The van der Waals surface area contributed by atoms with Gasteiger partial charge in [-0.1, -0.05) is 16.8 Å². The van der Waals surface area contributed by atoms with Crippen LogP contribution in [0.4, 0.5) is 11.5 Å². The zero-order valence-corrected chi connectivity index (χ0v) is 14.4. The van der Waals surface area contributed by atoms with Crippen molar-refractivity contribution in [2.75, 3.05) is 23.9 Å². The van der Waals surface area contributed by atoms with Crippen molar-refractivity contribution in [3.8, 4) is 5.75 Å². The number of amides is 2. The highest BCUT2D eigenvalue weighted by atomic mass is 35.5. The van der Waals surface area contributed by atoms with Crippen molar-refractivity contribution in [2.45, 2.75) is 20.3 Å². The number of aryl methyl sites for hydroxylation is 1. The average molecular weight is 352 g/mol. The lowest BCUT2D eigenvalue weighted by Gasteiger charge is -2.23. The Hall–Kier alpha value is -2.54. The molecule has 2 amide bonds. The minimum atomic E-state index is -0.282. The molecule has 7 nitrogen and oxygen atoms in total. The molecule has 0 saturated carbocycles. The number of carbonyl (C=O) groups excluding carboxylic acids is 2. The monoisotopic (exact) mass is 351 g/mol. The van der Waals surface area contributed by atoms with Gasteiger partial charge in [0, 0.05) is 31.0 Å². The highest BCUT2D eigenvalue weighted by Gasteiger charge is 2.18. The summed E-state index contributed by atoms with van der Waals surface area (Å²) >= 11 is 6.00. The second kappa shape index (κ2) is 7.83. The molecule has 2 rings (SSSR count). The maximum atomic E-state index is 12.0. The molecule has 0 saturated heterocycles. The lowest BCUT2D eigenvalue weighted by atomic mass is 10.2. The molecule has 2 aromatic rings. The molecule has 0 aliphatic rings. The van der Waals surface area contributed by atoms with E-state index in [1.807, 2.05) is 0 Å². The summed E-state index contributed by atoms with van der Waals surface area (Å²) in [6.07, 6.45) is 0.0845. The van der Waals surface area contributed by atoms with Gasteiger partial charge in [0.1, 0.15) is 11.5 Å². The van der Waals surface area contributed by atoms with Gasteiger partial charge < -0.3 is 19.5 Å². The lowest BCUT2D eigenvalue weighted by Crippen LogP contribution is -2.32. The van der Waals surface area contributed by atoms with E-state index in [4.69, 9.17) is 20.9 Å². The van der Waals surface area contributed by atoms with Crippen LogP contribution in [0.2, 0.25) is 5.02 Å². The van der Waals surface area contributed by atoms with E-state index in [1.165, 1.54) is 18.9 Å². The van der Waals surface area contributed by atoms with Gasteiger partial charge in [-0.15, -0.1) is 0 Å². The van der Waals surface area contributed by atoms with Crippen LogP contribution in [0.1, 0.15) is 19.1 Å². The zero-order chi connectivity index (χ0) is 17.7. The van der Waals surface area contributed by atoms with Crippen LogP contribution in [0, 0.1) is 6.92 Å². The highest BCUT2D eigenvalue weighted by molar-refractivity contribution is 6.31. The molecule has 128 valence electrons. The minimum Gasteiger partial charge on any atom is -0.495 e. The van der Waals surface area contributed by atoms with Gasteiger partial charge in [-0.3, -0.25) is 9.59 Å². The second-order valence-corrected chi connectivity index (χ2v) is 5.54. The lowest BCUT2D eigenvalue weighted by molar-refractivity contribution is -0.117. The fraction of sp³-hybridized carbons (Fsp3) is 0.312. The quantitative estimate of drug-likeness (QED) is 0.864. The number of nitrogens with one attached hydrogen (secondary N) is 1. The number of carbonyl (C=O) groups is 2. The standard InChI is InChI=1S/C16H18ClN3O4/c1-10-8-15(19-24-10)18-16(22)6-7-20(11(2)21)13-9-12(17)4-5-14(13)23-3/h4-5,8-9H,6-7H2,1-3H3,(H,18,19,22). The van der Waals surface area contributed by atoms with Gasteiger partial charge in [-0.25, -0.2) is 0 Å². The van der Waals surface area contributed by atoms with Gasteiger partial charge in [-0.05, 0) is 25.1 Å². The molecule has 1 aromatic heterocycles. The largest absolute Gasteiger partial charge is 0.495 e. The van der Waals surface area contributed by atoms with E-state index in [1.54, 1.807) is 31.2 Å². The van der Waals surface area contributed by atoms with E-state index in [2.05, 4.69) is 10.5 Å². The van der Waals surface area contributed by atoms with Crippen molar-refractivity contribution in [3.63, 3.8) is 0 Å². The first kappa shape index (κ1) is 17.8.